The molecule has 3 heteroatoms. The van der Waals surface area contributed by atoms with Crippen LogP contribution < -0.4 is 0 Å². The number of aryl methyl sites for hydroxylation is 1. The molecule has 23 heavy (non-hydrogen) atoms. The van der Waals surface area contributed by atoms with Gasteiger partial charge in [-0.2, -0.15) is 0 Å². The molecule has 0 amide bonds. The maximum atomic E-state index is 5.98. The summed E-state index contributed by atoms with van der Waals surface area (Å²) in [4.78, 5) is 4.65. The Morgan fingerprint density at radius 1 is 0.870 bits per heavy atom. The Morgan fingerprint density at radius 3 is 2.57 bits per heavy atom. The summed E-state index contributed by atoms with van der Waals surface area (Å²) in [5, 5.41) is 0. The highest BCUT2D eigenvalue weighted by Gasteiger charge is 2.14. The summed E-state index contributed by atoms with van der Waals surface area (Å²) >= 11 is 3.54. The lowest BCUT2D eigenvalue weighted by Crippen LogP contribution is -1.87. The normalized spacial score (nSPS) is 11.0. The zero-order valence-electron chi connectivity index (χ0n) is 12.6. The number of oxazole rings is 1. The highest BCUT2D eigenvalue weighted by molar-refractivity contribution is 9.10. The fourth-order valence-corrected chi connectivity index (χ4v) is 3.13. The molecule has 112 valence electrons. The molecule has 0 bridgehead atoms. The summed E-state index contributed by atoms with van der Waals surface area (Å²) in [5.41, 5.74) is 6.13. The first kappa shape index (κ1) is 14.2. The molecule has 4 rings (SSSR count). The molecule has 1 heterocycles. The minimum absolute atomic E-state index is 0.657. The van der Waals surface area contributed by atoms with Crippen molar-refractivity contribution < 1.29 is 4.42 Å². The standard InChI is InChI=1S/C20H14BrNO/c1-13-9-10-16(14-5-4-6-15(21)12-14)17(11-13)20-22-18-7-2-3-8-19(18)23-20/h2-12H,1H3. The van der Waals surface area contributed by atoms with Gasteiger partial charge in [0.05, 0.1) is 0 Å². The topological polar surface area (TPSA) is 26.0 Å². The van der Waals surface area contributed by atoms with Gasteiger partial charge in [0.25, 0.3) is 0 Å². The molecule has 0 aliphatic rings. The number of hydrogen-bond acceptors (Lipinski definition) is 2. The summed E-state index contributed by atoms with van der Waals surface area (Å²) < 4.78 is 7.03. The van der Waals surface area contributed by atoms with Gasteiger partial charge in [0.1, 0.15) is 5.52 Å². The van der Waals surface area contributed by atoms with E-state index in [1.807, 2.05) is 36.4 Å². The van der Waals surface area contributed by atoms with Gasteiger partial charge in [-0.15, -0.1) is 0 Å². The number of rotatable bonds is 2. The highest BCUT2D eigenvalue weighted by atomic mass is 79.9. The van der Waals surface area contributed by atoms with Crippen molar-refractivity contribution in [1.29, 1.82) is 0 Å². The maximum Gasteiger partial charge on any atom is 0.227 e. The van der Waals surface area contributed by atoms with Crippen molar-refractivity contribution >= 4 is 27.0 Å². The minimum atomic E-state index is 0.657. The number of aromatic nitrogens is 1. The van der Waals surface area contributed by atoms with E-state index in [0.717, 1.165) is 32.3 Å². The Bertz CT molecular complexity index is 970. The summed E-state index contributed by atoms with van der Waals surface area (Å²) in [6, 6.07) is 22.5. The van der Waals surface area contributed by atoms with Crippen LogP contribution in [0, 0.1) is 6.92 Å². The van der Waals surface area contributed by atoms with Crippen LogP contribution >= 0.6 is 15.9 Å². The summed E-state index contributed by atoms with van der Waals surface area (Å²) in [7, 11) is 0. The van der Waals surface area contributed by atoms with Crippen LogP contribution in [0.4, 0.5) is 0 Å². The van der Waals surface area contributed by atoms with E-state index in [2.05, 4.69) is 58.2 Å². The van der Waals surface area contributed by atoms with E-state index in [1.165, 1.54) is 5.56 Å². The van der Waals surface area contributed by atoms with Crippen LogP contribution in [-0.4, -0.2) is 4.98 Å². The first-order chi connectivity index (χ1) is 11.2. The van der Waals surface area contributed by atoms with E-state index in [1.54, 1.807) is 0 Å². The van der Waals surface area contributed by atoms with Gasteiger partial charge in [0, 0.05) is 10.0 Å². The van der Waals surface area contributed by atoms with Gasteiger partial charge in [0.2, 0.25) is 5.89 Å². The Balaban J connectivity index is 1.95. The fourth-order valence-electron chi connectivity index (χ4n) is 2.73. The number of benzene rings is 3. The van der Waals surface area contributed by atoms with Gasteiger partial charge in [0.15, 0.2) is 5.58 Å². The highest BCUT2D eigenvalue weighted by Crippen LogP contribution is 2.35. The molecule has 0 atom stereocenters. The Hall–Kier alpha value is -2.39. The molecule has 0 aliphatic carbocycles. The Kier molecular flexibility index (Phi) is 3.50. The second-order valence-corrected chi connectivity index (χ2v) is 6.46. The van der Waals surface area contributed by atoms with Gasteiger partial charge in [-0.25, -0.2) is 4.98 Å². The molecule has 4 aromatic rings. The third-order valence-corrected chi connectivity index (χ3v) is 4.33. The molecule has 3 aromatic carbocycles. The third-order valence-electron chi connectivity index (χ3n) is 3.83. The lowest BCUT2D eigenvalue weighted by molar-refractivity contribution is 0.620. The van der Waals surface area contributed by atoms with Crippen LogP contribution in [-0.2, 0) is 0 Å². The van der Waals surface area contributed by atoms with Crippen LogP contribution in [0.25, 0.3) is 33.7 Å². The molecule has 0 fully saturated rings. The molecule has 0 aliphatic heterocycles. The molecule has 0 saturated heterocycles. The number of nitrogens with zero attached hydrogens (tertiary/aromatic N) is 1. The number of halogens is 1. The monoisotopic (exact) mass is 363 g/mol. The lowest BCUT2D eigenvalue weighted by atomic mass is 9.98. The minimum Gasteiger partial charge on any atom is -0.436 e. The molecule has 0 spiro atoms. The van der Waals surface area contributed by atoms with Crippen molar-refractivity contribution in [3.8, 4) is 22.6 Å². The van der Waals surface area contributed by atoms with Crippen molar-refractivity contribution in [1.82, 2.24) is 4.98 Å². The van der Waals surface area contributed by atoms with E-state index in [4.69, 9.17) is 4.42 Å². The quantitative estimate of drug-likeness (QED) is 0.421. The van der Waals surface area contributed by atoms with Crippen molar-refractivity contribution in [2.45, 2.75) is 6.92 Å². The Labute approximate surface area is 142 Å². The molecular formula is C20H14BrNO. The van der Waals surface area contributed by atoms with Gasteiger partial charge in [-0.05, 0) is 48.4 Å². The van der Waals surface area contributed by atoms with Crippen LogP contribution in [0.3, 0.4) is 0 Å². The number of para-hydroxylation sites is 2. The zero-order chi connectivity index (χ0) is 15.8. The number of fused-ring (bicyclic) bond motifs is 1. The molecular weight excluding hydrogens is 350 g/mol. The summed E-state index contributed by atoms with van der Waals surface area (Å²) in [6.07, 6.45) is 0. The molecule has 0 radical (unpaired) electrons. The van der Waals surface area contributed by atoms with E-state index in [9.17, 15) is 0 Å². The van der Waals surface area contributed by atoms with Crippen LogP contribution in [0.2, 0.25) is 0 Å². The average Bonchev–Trinajstić information content (AvgIpc) is 2.98. The predicted octanol–water partition coefficient (Wildman–Crippen LogP) is 6.23. The van der Waals surface area contributed by atoms with Crippen molar-refractivity contribution in [2.24, 2.45) is 0 Å². The second kappa shape index (κ2) is 5.67. The predicted molar refractivity (Wildman–Crippen MR) is 97.3 cm³/mol. The van der Waals surface area contributed by atoms with Crippen LogP contribution in [0.1, 0.15) is 5.56 Å². The molecule has 2 nitrogen and oxygen atoms in total. The summed E-state index contributed by atoms with van der Waals surface area (Å²) in [6.45, 7) is 2.08. The van der Waals surface area contributed by atoms with E-state index >= 15 is 0 Å². The van der Waals surface area contributed by atoms with Crippen molar-refractivity contribution in [2.75, 3.05) is 0 Å². The van der Waals surface area contributed by atoms with Gasteiger partial charge in [-0.1, -0.05) is 57.9 Å². The second-order valence-electron chi connectivity index (χ2n) is 5.55. The molecule has 0 saturated carbocycles. The smallest absolute Gasteiger partial charge is 0.227 e. The maximum absolute atomic E-state index is 5.98. The SMILES string of the molecule is Cc1ccc(-c2cccc(Br)c2)c(-c2nc3ccccc3o2)c1. The van der Waals surface area contributed by atoms with Gasteiger partial charge >= 0.3 is 0 Å². The summed E-state index contributed by atoms with van der Waals surface area (Å²) in [5.74, 6) is 0.657. The number of hydrogen-bond donors (Lipinski definition) is 0. The van der Waals surface area contributed by atoms with Crippen LogP contribution in [0.15, 0.2) is 75.6 Å². The third kappa shape index (κ3) is 2.68. The van der Waals surface area contributed by atoms with Crippen molar-refractivity contribution in [3.63, 3.8) is 0 Å². The zero-order valence-corrected chi connectivity index (χ0v) is 14.2. The largest absolute Gasteiger partial charge is 0.436 e. The first-order valence-electron chi connectivity index (χ1n) is 7.43. The van der Waals surface area contributed by atoms with E-state index < -0.39 is 0 Å². The fraction of sp³-hybridized carbons (Fsp3) is 0.0500. The van der Waals surface area contributed by atoms with Crippen LogP contribution in [0.5, 0.6) is 0 Å². The molecule has 0 unspecified atom stereocenters. The van der Waals surface area contributed by atoms with E-state index in [-0.39, 0.29) is 0 Å². The average molecular weight is 364 g/mol. The van der Waals surface area contributed by atoms with E-state index in [0.29, 0.717) is 5.89 Å². The molecule has 0 N–H and O–H groups in total. The van der Waals surface area contributed by atoms with Gasteiger partial charge in [-0.3, -0.25) is 0 Å². The van der Waals surface area contributed by atoms with Crippen molar-refractivity contribution in [3.05, 3.63) is 76.8 Å². The lowest BCUT2D eigenvalue weighted by Gasteiger charge is -2.08. The van der Waals surface area contributed by atoms with Gasteiger partial charge < -0.3 is 4.42 Å². The molecule has 1 aromatic heterocycles. The first-order valence-corrected chi connectivity index (χ1v) is 8.22. The Morgan fingerprint density at radius 2 is 1.74 bits per heavy atom.